The third kappa shape index (κ3) is 4.77. The molecule has 2 unspecified atom stereocenters. The van der Waals surface area contributed by atoms with Gasteiger partial charge < -0.3 is 20.7 Å². The maximum Gasteiger partial charge on any atom is 0.475 e. The highest BCUT2D eigenvalue weighted by atomic mass is 31.2. The molecule has 2 aromatic heterocycles. The van der Waals surface area contributed by atoms with E-state index in [0.29, 0.717) is 12.1 Å². The molecule has 0 radical (unpaired) electrons. The quantitative estimate of drug-likeness (QED) is 0.309. The number of hydrogen-bond acceptors (Lipinski definition) is 11. The van der Waals surface area contributed by atoms with Crippen LogP contribution >= 0.6 is 7.82 Å². The zero-order valence-electron chi connectivity index (χ0n) is 19.6. The van der Waals surface area contributed by atoms with E-state index in [-0.39, 0.29) is 35.6 Å². The maximum atomic E-state index is 13.7. The fraction of sp³-hybridized carbons (Fsp3) is 0.476. The summed E-state index contributed by atoms with van der Waals surface area (Å²) in [5, 5.41) is 21.7. The van der Waals surface area contributed by atoms with Gasteiger partial charge in [0.15, 0.2) is 17.7 Å². The Bertz CT molecular complexity index is 1400. The Kier molecular flexibility index (Phi) is 6.70. The van der Waals surface area contributed by atoms with Gasteiger partial charge in [-0.05, 0) is 24.6 Å². The van der Waals surface area contributed by atoms with Gasteiger partial charge in [0.2, 0.25) is 0 Å². The number of ether oxygens (including phenoxy) is 1. The number of nitrogens with zero attached hydrogens (tertiary/aromatic N) is 4. The van der Waals surface area contributed by atoms with Gasteiger partial charge in [0.05, 0.1) is 31.2 Å². The van der Waals surface area contributed by atoms with Crippen LogP contribution in [0.1, 0.15) is 36.8 Å². The minimum absolute atomic E-state index is 0.0221. The number of phosphoric acid groups is 1. The van der Waals surface area contributed by atoms with Gasteiger partial charge in [-0.15, -0.1) is 0 Å². The number of alkyl halides is 3. The summed E-state index contributed by atoms with van der Waals surface area (Å²) in [6.45, 7) is 0.521. The van der Waals surface area contributed by atoms with Crippen molar-refractivity contribution in [1.29, 1.82) is 0 Å². The Morgan fingerprint density at radius 2 is 2.08 bits per heavy atom. The Morgan fingerprint density at radius 1 is 1.32 bits per heavy atom. The highest BCUT2D eigenvalue weighted by Crippen LogP contribution is 2.57. The van der Waals surface area contributed by atoms with Gasteiger partial charge in [-0.2, -0.15) is 13.2 Å². The standard InChI is InChI=1S/C21H22F4N5O7P/c1-20(32)16(31)14(36-19(20)30-9-29-15-17(26)27-8-28-18(15)30)7-35-38(33)34-5-4-13(37-38)10-2-3-12(22)11(6-10)21(23,24)25/h2-3,6,8-9,13-14,16,19,31-32H,4-5,7H2,1H3,(H2,26,27,28)/t13?,14-,16-,19-,20-,38?/m1/s1. The molecule has 3 aromatic rings. The van der Waals surface area contributed by atoms with Crippen LogP contribution in [0.4, 0.5) is 23.4 Å². The number of halogens is 4. The van der Waals surface area contributed by atoms with E-state index in [1.54, 1.807) is 0 Å². The first-order valence-electron chi connectivity index (χ1n) is 11.2. The molecule has 4 N–H and O–H groups in total. The molecule has 0 amide bonds. The van der Waals surface area contributed by atoms with Crippen LogP contribution in [0.25, 0.3) is 11.2 Å². The van der Waals surface area contributed by atoms with Crippen molar-refractivity contribution in [3.63, 3.8) is 0 Å². The fourth-order valence-corrected chi connectivity index (χ4v) is 5.74. The average molecular weight is 563 g/mol. The Labute approximate surface area is 211 Å². The SMILES string of the molecule is C[C@@]1(O)[C@H](O)[C@@H](COP2(=O)OCCC(c3ccc(F)c(C(F)(F)F)c3)O2)O[C@H]1n1cnc2c(N)ncnc21. The second-order valence-corrected chi connectivity index (χ2v) is 10.6. The van der Waals surface area contributed by atoms with E-state index >= 15 is 0 Å². The smallest absolute Gasteiger partial charge is 0.387 e. The minimum Gasteiger partial charge on any atom is -0.387 e. The third-order valence-corrected chi connectivity index (χ3v) is 7.82. The number of aromatic nitrogens is 4. The van der Waals surface area contributed by atoms with Crippen molar-refractivity contribution < 1.29 is 50.6 Å². The largest absolute Gasteiger partial charge is 0.475 e. The number of aliphatic hydroxyl groups excluding tert-OH is 1. The molecule has 0 bridgehead atoms. The lowest BCUT2D eigenvalue weighted by Gasteiger charge is -2.30. The van der Waals surface area contributed by atoms with Gasteiger partial charge in [0, 0.05) is 6.42 Å². The number of hydrogen-bond donors (Lipinski definition) is 3. The molecule has 6 atom stereocenters. The molecule has 0 aliphatic carbocycles. The highest BCUT2D eigenvalue weighted by molar-refractivity contribution is 7.48. The van der Waals surface area contributed by atoms with Crippen molar-refractivity contribution in [2.45, 2.75) is 49.7 Å². The molecule has 12 nitrogen and oxygen atoms in total. The molecule has 4 heterocycles. The number of nitrogens with two attached hydrogens (primary N) is 1. The summed E-state index contributed by atoms with van der Waals surface area (Å²) in [6.07, 6.45) is -7.59. The molecule has 1 aromatic carbocycles. The van der Waals surface area contributed by atoms with Crippen LogP contribution in [0.2, 0.25) is 0 Å². The lowest BCUT2D eigenvalue weighted by atomic mass is 9.96. The number of imidazole rings is 1. The van der Waals surface area contributed by atoms with Crippen molar-refractivity contribution in [2.24, 2.45) is 0 Å². The summed E-state index contributed by atoms with van der Waals surface area (Å²) in [5.74, 6) is -1.36. The number of phosphoric ester groups is 1. The van der Waals surface area contributed by atoms with Crippen molar-refractivity contribution in [1.82, 2.24) is 19.5 Å². The van der Waals surface area contributed by atoms with Crippen LogP contribution in [0.3, 0.4) is 0 Å². The number of fused-ring (bicyclic) bond motifs is 1. The number of benzene rings is 1. The first kappa shape index (κ1) is 26.9. The number of anilines is 1. The van der Waals surface area contributed by atoms with Crippen LogP contribution in [0, 0.1) is 5.82 Å². The van der Waals surface area contributed by atoms with E-state index in [2.05, 4.69) is 15.0 Å². The Balaban J connectivity index is 1.31. The molecule has 2 aliphatic rings. The summed E-state index contributed by atoms with van der Waals surface area (Å²) in [5.41, 5.74) is 2.81. The molecule has 0 spiro atoms. The average Bonchev–Trinajstić information content (AvgIpc) is 3.37. The van der Waals surface area contributed by atoms with E-state index in [1.807, 2.05) is 0 Å². The summed E-state index contributed by atoms with van der Waals surface area (Å²) >= 11 is 0. The molecule has 2 saturated heterocycles. The Morgan fingerprint density at radius 3 is 2.82 bits per heavy atom. The minimum atomic E-state index is -4.94. The molecule has 0 saturated carbocycles. The van der Waals surface area contributed by atoms with Crippen LogP contribution in [-0.2, 0) is 29.0 Å². The van der Waals surface area contributed by atoms with E-state index in [9.17, 15) is 32.3 Å². The Hall–Kier alpha value is -2.72. The highest BCUT2D eigenvalue weighted by Gasteiger charge is 2.54. The van der Waals surface area contributed by atoms with Crippen molar-refractivity contribution in [2.75, 3.05) is 18.9 Å². The number of aliphatic hydroxyl groups is 2. The second kappa shape index (κ2) is 9.48. The number of nitrogen functional groups attached to an aromatic ring is 1. The summed E-state index contributed by atoms with van der Waals surface area (Å²) < 4.78 is 89.1. The zero-order chi connectivity index (χ0) is 27.5. The molecule has 38 heavy (non-hydrogen) atoms. The summed E-state index contributed by atoms with van der Waals surface area (Å²) in [7, 11) is -4.35. The monoisotopic (exact) mass is 563 g/mol. The summed E-state index contributed by atoms with van der Waals surface area (Å²) in [6, 6.07) is 2.31. The topological polar surface area (TPSA) is 164 Å². The predicted molar refractivity (Wildman–Crippen MR) is 120 cm³/mol. The molecule has 5 rings (SSSR count). The molecule has 2 fully saturated rings. The van der Waals surface area contributed by atoms with E-state index in [0.717, 1.165) is 6.07 Å². The van der Waals surface area contributed by atoms with E-state index in [1.165, 1.54) is 24.1 Å². The maximum absolute atomic E-state index is 13.7. The van der Waals surface area contributed by atoms with Gasteiger partial charge in [0.25, 0.3) is 0 Å². The lowest BCUT2D eigenvalue weighted by Crippen LogP contribution is -2.44. The normalized spacial score (nSPS) is 32.2. The van der Waals surface area contributed by atoms with Gasteiger partial charge in [0.1, 0.15) is 35.5 Å². The summed E-state index contributed by atoms with van der Waals surface area (Å²) in [4.78, 5) is 12.0. The van der Waals surface area contributed by atoms with Crippen molar-refractivity contribution in [3.05, 3.63) is 47.8 Å². The van der Waals surface area contributed by atoms with E-state index < -0.39 is 62.1 Å². The van der Waals surface area contributed by atoms with Crippen molar-refractivity contribution >= 4 is 24.8 Å². The van der Waals surface area contributed by atoms with E-state index in [4.69, 9.17) is 24.0 Å². The van der Waals surface area contributed by atoms with Crippen LogP contribution < -0.4 is 5.73 Å². The zero-order valence-corrected chi connectivity index (χ0v) is 20.5. The molecular formula is C21H22F4N5O7P. The van der Waals surface area contributed by atoms with Crippen LogP contribution in [0.15, 0.2) is 30.9 Å². The third-order valence-electron chi connectivity index (χ3n) is 6.34. The predicted octanol–water partition coefficient (Wildman–Crippen LogP) is 2.88. The van der Waals surface area contributed by atoms with Crippen LogP contribution in [-0.4, -0.2) is 60.8 Å². The second-order valence-electron chi connectivity index (χ2n) is 8.98. The first-order valence-corrected chi connectivity index (χ1v) is 12.7. The molecule has 17 heteroatoms. The fourth-order valence-electron chi connectivity index (χ4n) is 4.35. The van der Waals surface area contributed by atoms with Crippen molar-refractivity contribution in [3.8, 4) is 0 Å². The van der Waals surface area contributed by atoms with Gasteiger partial charge in [-0.25, -0.2) is 23.9 Å². The lowest BCUT2D eigenvalue weighted by molar-refractivity contribution is -0.140. The van der Waals surface area contributed by atoms with Gasteiger partial charge >= 0.3 is 14.0 Å². The van der Waals surface area contributed by atoms with Crippen LogP contribution in [0.5, 0.6) is 0 Å². The van der Waals surface area contributed by atoms with Gasteiger partial charge in [-0.3, -0.25) is 18.1 Å². The number of rotatable bonds is 5. The molecular weight excluding hydrogens is 541 g/mol. The molecule has 206 valence electrons. The molecule has 2 aliphatic heterocycles. The first-order chi connectivity index (χ1) is 17.8. The van der Waals surface area contributed by atoms with Gasteiger partial charge in [-0.1, -0.05) is 6.07 Å².